The molecule has 108 valence electrons. The van der Waals surface area contributed by atoms with Crippen molar-refractivity contribution >= 4 is 7.60 Å². The molecule has 1 heterocycles. The minimum atomic E-state index is -2.99. The lowest BCUT2D eigenvalue weighted by Crippen LogP contribution is -2.24. The van der Waals surface area contributed by atoms with E-state index in [1.165, 1.54) is 0 Å². The van der Waals surface area contributed by atoms with Crippen LogP contribution in [0.15, 0.2) is 24.4 Å². The summed E-state index contributed by atoms with van der Waals surface area (Å²) in [6.07, 6.45) is 2.90. The highest BCUT2D eigenvalue weighted by molar-refractivity contribution is 7.53. The zero-order valence-corrected chi connectivity index (χ0v) is 12.8. The first kappa shape index (κ1) is 16.3. The average molecular weight is 286 g/mol. The Morgan fingerprint density at radius 3 is 2.47 bits per heavy atom. The van der Waals surface area contributed by atoms with Gasteiger partial charge in [-0.25, -0.2) is 0 Å². The molecule has 1 rings (SSSR count). The van der Waals surface area contributed by atoms with Gasteiger partial charge in [0.2, 0.25) is 0 Å². The van der Waals surface area contributed by atoms with Crippen molar-refractivity contribution in [2.45, 2.75) is 20.3 Å². The van der Waals surface area contributed by atoms with Crippen LogP contribution in [0.1, 0.15) is 19.5 Å². The first-order chi connectivity index (χ1) is 9.09. The lowest BCUT2D eigenvalue weighted by molar-refractivity contribution is 0.203. The van der Waals surface area contributed by atoms with Crippen molar-refractivity contribution in [2.24, 2.45) is 0 Å². The summed E-state index contributed by atoms with van der Waals surface area (Å²) < 4.78 is 22.9. The largest absolute Gasteiger partial charge is 0.344 e. The van der Waals surface area contributed by atoms with Gasteiger partial charge in [0.1, 0.15) is 6.29 Å². The number of pyridine rings is 1. The van der Waals surface area contributed by atoms with Gasteiger partial charge in [0.05, 0.1) is 13.2 Å². The third kappa shape index (κ3) is 6.30. The van der Waals surface area contributed by atoms with Gasteiger partial charge in [-0.1, -0.05) is 6.07 Å². The molecule has 0 atom stereocenters. The number of aromatic nitrogens is 1. The van der Waals surface area contributed by atoms with E-state index >= 15 is 0 Å². The highest BCUT2D eigenvalue weighted by Crippen LogP contribution is 2.48. The van der Waals surface area contributed by atoms with E-state index < -0.39 is 7.60 Å². The molecule has 0 aliphatic rings. The highest BCUT2D eigenvalue weighted by atomic mass is 31.2. The zero-order chi connectivity index (χ0) is 14.1. The maximum Gasteiger partial charge on any atom is 0.344 e. The molecule has 0 unspecified atom stereocenters. The number of likely N-dealkylation sites (N-methyl/N-ethyl adjacent to an activating group) is 1. The van der Waals surface area contributed by atoms with Crippen LogP contribution in [-0.4, -0.2) is 43.0 Å². The quantitative estimate of drug-likeness (QED) is 0.653. The first-order valence-electron chi connectivity index (χ1n) is 6.56. The summed E-state index contributed by atoms with van der Waals surface area (Å²) in [6, 6.07) is 5.84. The van der Waals surface area contributed by atoms with Gasteiger partial charge < -0.3 is 9.05 Å². The van der Waals surface area contributed by atoms with Crippen LogP contribution < -0.4 is 0 Å². The van der Waals surface area contributed by atoms with E-state index in [1.54, 1.807) is 6.20 Å². The van der Waals surface area contributed by atoms with E-state index in [2.05, 4.69) is 4.98 Å². The Hall–Kier alpha value is -0.740. The van der Waals surface area contributed by atoms with Crippen molar-refractivity contribution in [2.75, 3.05) is 33.1 Å². The molecule has 0 aromatic carbocycles. The summed E-state index contributed by atoms with van der Waals surface area (Å²) >= 11 is 0. The number of rotatable bonds is 9. The van der Waals surface area contributed by atoms with Gasteiger partial charge in [0.15, 0.2) is 0 Å². The molecule has 0 N–H and O–H groups in total. The summed E-state index contributed by atoms with van der Waals surface area (Å²) in [5, 5.41) is 0. The van der Waals surface area contributed by atoms with E-state index in [0.717, 1.165) is 18.7 Å². The predicted molar refractivity (Wildman–Crippen MR) is 76.3 cm³/mol. The second kappa shape index (κ2) is 8.43. The molecule has 0 amide bonds. The second-order valence-corrected chi connectivity index (χ2v) is 6.26. The van der Waals surface area contributed by atoms with Crippen molar-refractivity contribution < 1.29 is 13.6 Å². The molecule has 0 bridgehead atoms. The normalized spacial score (nSPS) is 12.0. The van der Waals surface area contributed by atoms with Gasteiger partial charge in [-0.3, -0.25) is 14.4 Å². The Morgan fingerprint density at radius 1 is 1.26 bits per heavy atom. The van der Waals surface area contributed by atoms with Crippen LogP contribution in [0.4, 0.5) is 0 Å². The Labute approximate surface area is 115 Å². The Balaban J connectivity index is 2.44. The van der Waals surface area contributed by atoms with Crippen LogP contribution in [0.25, 0.3) is 0 Å². The third-order valence-electron chi connectivity index (χ3n) is 2.54. The average Bonchev–Trinajstić information content (AvgIpc) is 2.38. The molecule has 0 fully saturated rings. The molecule has 1 aromatic heterocycles. The first-order valence-corrected chi connectivity index (χ1v) is 8.29. The van der Waals surface area contributed by atoms with Crippen LogP contribution in [0.3, 0.4) is 0 Å². The van der Waals surface area contributed by atoms with Crippen LogP contribution >= 0.6 is 7.60 Å². The molecular weight excluding hydrogens is 263 g/mol. The van der Waals surface area contributed by atoms with E-state index in [0.29, 0.717) is 19.5 Å². The summed E-state index contributed by atoms with van der Waals surface area (Å²) in [5.41, 5.74) is 1.03. The van der Waals surface area contributed by atoms with E-state index in [4.69, 9.17) is 9.05 Å². The summed E-state index contributed by atoms with van der Waals surface area (Å²) in [5.74, 6) is 0. The molecule has 0 saturated carbocycles. The topological polar surface area (TPSA) is 51.7 Å². The fourth-order valence-corrected chi connectivity index (χ4v) is 3.49. The molecule has 0 radical (unpaired) electrons. The second-order valence-electron chi connectivity index (χ2n) is 4.24. The number of hydrogen-bond donors (Lipinski definition) is 0. The van der Waals surface area contributed by atoms with Crippen molar-refractivity contribution in [1.82, 2.24) is 9.88 Å². The minimum Gasteiger partial charge on any atom is -0.308 e. The van der Waals surface area contributed by atoms with Crippen LogP contribution in [-0.2, 0) is 20.0 Å². The van der Waals surface area contributed by atoms with Crippen LogP contribution in [0.2, 0.25) is 0 Å². The molecule has 6 heteroatoms. The standard InChI is InChI=1S/C13H23N2O3P/c1-4-17-19(16,18-5-2)12-15(3)11-9-13-8-6-7-10-14-13/h6-8,10H,4-5,9,11-12H2,1-3H3. The fourth-order valence-electron chi connectivity index (χ4n) is 1.73. The van der Waals surface area contributed by atoms with Crippen LogP contribution in [0.5, 0.6) is 0 Å². The lowest BCUT2D eigenvalue weighted by atomic mass is 10.3. The maximum atomic E-state index is 12.3. The molecule has 1 aromatic rings. The number of nitrogens with zero attached hydrogens (tertiary/aromatic N) is 2. The predicted octanol–water partition coefficient (Wildman–Crippen LogP) is 2.78. The van der Waals surface area contributed by atoms with Crippen molar-refractivity contribution in [3.63, 3.8) is 0 Å². The summed E-state index contributed by atoms with van der Waals surface area (Å²) in [6.45, 7) is 5.19. The third-order valence-corrected chi connectivity index (χ3v) is 4.67. The molecule has 19 heavy (non-hydrogen) atoms. The molecule has 5 nitrogen and oxygen atoms in total. The summed E-state index contributed by atoms with van der Waals surface area (Å²) in [7, 11) is -1.08. The molecule has 0 saturated heterocycles. The Morgan fingerprint density at radius 2 is 1.95 bits per heavy atom. The van der Waals surface area contributed by atoms with E-state index in [9.17, 15) is 4.57 Å². The molecular formula is C13H23N2O3P. The summed E-state index contributed by atoms with van der Waals surface area (Å²) in [4.78, 5) is 6.22. The van der Waals surface area contributed by atoms with Gasteiger partial charge in [-0.15, -0.1) is 0 Å². The molecule has 0 aliphatic carbocycles. The van der Waals surface area contributed by atoms with Gasteiger partial charge in [-0.2, -0.15) is 0 Å². The lowest BCUT2D eigenvalue weighted by Gasteiger charge is -2.23. The van der Waals surface area contributed by atoms with Crippen LogP contribution in [0, 0.1) is 0 Å². The van der Waals surface area contributed by atoms with E-state index in [-0.39, 0.29) is 0 Å². The van der Waals surface area contributed by atoms with Gasteiger partial charge in [0, 0.05) is 24.9 Å². The fraction of sp³-hybridized carbons (Fsp3) is 0.615. The molecule has 0 aliphatic heterocycles. The Bertz CT molecular complexity index is 390. The van der Waals surface area contributed by atoms with E-state index in [1.807, 2.05) is 44.0 Å². The SMILES string of the molecule is CCOP(=O)(CN(C)CCc1ccccn1)OCC. The maximum absolute atomic E-state index is 12.3. The van der Waals surface area contributed by atoms with Gasteiger partial charge in [-0.05, 0) is 33.0 Å². The Kier molecular flexibility index (Phi) is 7.24. The molecule has 0 spiro atoms. The van der Waals surface area contributed by atoms with Gasteiger partial charge in [0.25, 0.3) is 0 Å². The van der Waals surface area contributed by atoms with Crippen molar-refractivity contribution in [3.8, 4) is 0 Å². The minimum absolute atomic E-state index is 0.307. The number of hydrogen-bond acceptors (Lipinski definition) is 5. The van der Waals surface area contributed by atoms with Crippen molar-refractivity contribution in [3.05, 3.63) is 30.1 Å². The zero-order valence-electron chi connectivity index (χ0n) is 11.9. The highest BCUT2D eigenvalue weighted by Gasteiger charge is 2.25. The van der Waals surface area contributed by atoms with Crippen molar-refractivity contribution in [1.29, 1.82) is 0 Å². The van der Waals surface area contributed by atoms with Gasteiger partial charge >= 0.3 is 7.60 Å². The monoisotopic (exact) mass is 286 g/mol. The smallest absolute Gasteiger partial charge is 0.308 e.